The lowest BCUT2D eigenvalue weighted by molar-refractivity contribution is -0.329. The molecule has 1 aliphatic rings. The lowest BCUT2D eigenvalue weighted by Crippen LogP contribution is -2.62. The van der Waals surface area contributed by atoms with Crippen LogP contribution >= 0.6 is 0 Å². The van der Waals surface area contributed by atoms with Gasteiger partial charge in [0.25, 0.3) is 0 Å². The van der Waals surface area contributed by atoms with Crippen molar-refractivity contribution >= 4 is 11.9 Å². The van der Waals surface area contributed by atoms with E-state index in [-0.39, 0.29) is 32.0 Å². The maximum atomic E-state index is 13.5. The van der Waals surface area contributed by atoms with Crippen LogP contribution in [0.25, 0.3) is 0 Å². The van der Waals surface area contributed by atoms with E-state index in [2.05, 4.69) is 13.8 Å². The normalized spacial score (nSPS) is 20.2. The Morgan fingerprint density at radius 3 is 1.24 bits per heavy atom. The zero-order valence-electron chi connectivity index (χ0n) is 47.4. The number of carbonyl (C=O) groups excluding carboxylic acids is 2. The Hall–Kier alpha value is -3.64. The summed E-state index contributed by atoms with van der Waals surface area (Å²) in [6.45, 7) is -0.431. The summed E-state index contributed by atoms with van der Waals surface area (Å²) in [6, 6.07) is 26.8. The summed E-state index contributed by atoms with van der Waals surface area (Å²) in [5.41, 5.74) is 1.61. The monoisotopic (exact) mass is 1000 g/mol. The van der Waals surface area contributed by atoms with Crippen molar-refractivity contribution in [1.82, 2.24) is 0 Å². The summed E-state index contributed by atoms with van der Waals surface area (Å²) in [6.07, 6.45) is 24.2. The second-order valence-electron chi connectivity index (χ2n) is 19.7. The van der Waals surface area contributed by atoms with Gasteiger partial charge in [-0.05, 0) is 29.5 Å². The fourth-order valence-corrected chi connectivity index (χ4v) is 9.08. The van der Waals surface area contributed by atoms with Gasteiger partial charge in [0.2, 0.25) is 0 Å². The number of benzene rings is 3. The van der Waals surface area contributed by atoms with Gasteiger partial charge in [-0.1, -0.05) is 259 Å². The summed E-state index contributed by atoms with van der Waals surface area (Å²) in [5, 5.41) is 10.9. The van der Waals surface area contributed by atoms with Crippen molar-refractivity contribution in [3.8, 4) is 0 Å². The molecule has 0 aromatic heterocycles. The second-order valence-corrected chi connectivity index (χ2v) is 19.7. The van der Waals surface area contributed by atoms with Crippen molar-refractivity contribution in [3.05, 3.63) is 108 Å². The van der Waals surface area contributed by atoms with E-state index in [9.17, 15) is 14.7 Å². The van der Waals surface area contributed by atoms with E-state index in [0.29, 0.717) is 29.5 Å². The fourth-order valence-electron chi connectivity index (χ4n) is 9.08. The number of unbranched alkanes of at least 4 members (excludes halogenated alkanes) is 24. The van der Waals surface area contributed by atoms with E-state index in [4.69, 9.17) is 37.3 Å². The molecule has 1 heterocycles. The van der Waals surface area contributed by atoms with Gasteiger partial charge in [0, 0.05) is 12.8 Å². The topological polar surface area (TPSA) is 119 Å². The van der Waals surface area contributed by atoms with Crippen LogP contribution in [0, 0.1) is 0 Å². The van der Waals surface area contributed by atoms with Crippen LogP contribution in [0.3, 0.4) is 0 Å². The van der Waals surface area contributed by atoms with E-state index in [0.717, 1.165) is 38.5 Å². The largest absolute Gasteiger partial charge is 0.462 e. The zero-order chi connectivity index (χ0) is 53.6. The van der Waals surface area contributed by atoms with Gasteiger partial charge in [-0.3, -0.25) is 9.59 Å². The lowest BCUT2D eigenvalue weighted by atomic mass is 9.98. The molecule has 9 atom stereocenters. The fraction of sp³-hybridized carbons (Fsp3) is 0.677. The number of carbonyl (C=O) groups is 2. The minimum Gasteiger partial charge on any atom is -0.462 e. The molecule has 0 spiro atoms. The first-order valence-corrected chi connectivity index (χ1v) is 28.3. The Morgan fingerprint density at radius 2 is 0.833 bits per heavy atom. The number of hydrogen-bond donors (Lipinski definition) is 1. The predicted octanol–water partition coefficient (Wildman–Crippen LogP) is 14.9. The lowest BCUT2D eigenvalue weighted by Gasteiger charge is -2.45. The first-order chi connectivity index (χ1) is 36.7. The van der Waals surface area contributed by atoms with Gasteiger partial charge < -0.3 is 38.3 Å². The molecule has 3 aromatic carbocycles. The quantitative estimate of drug-likeness (QED) is 0.0433. The molecule has 404 valence electrons. The van der Waals surface area contributed by atoms with Crippen molar-refractivity contribution in [2.75, 3.05) is 19.8 Å². The highest BCUT2D eigenvalue weighted by molar-refractivity contribution is 5.70. The van der Waals surface area contributed by atoms with E-state index < -0.39 is 69.1 Å². The number of esters is 2. The van der Waals surface area contributed by atoms with Crippen LogP contribution < -0.4 is 0 Å². The van der Waals surface area contributed by atoms with Crippen LogP contribution in [0.1, 0.15) is 214 Å². The molecule has 72 heavy (non-hydrogen) atoms. The van der Waals surface area contributed by atoms with Gasteiger partial charge in [-0.15, -0.1) is 0 Å². The first kappa shape index (κ1) is 56.1. The molecular formula is C62H96O10. The highest BCUT2D eigenvalue weighted by Gasteiger charge is 2.49. The molecule has 0 radical (unpaired) electrons. The highest BCUT2D eigenvalue weighted by Crippen LogP contribution is 2.31. The third kappa shape index (κ3) is 27.6. The number of aliphatic hydroxyl groups is 1. The van der Waals surface area contributed by atoms with E-state index in [1.54, 1.807) is 72.8 Å². The second kappa shape index (κ2) is 40.7. The average molecular weight is 1000 g/mol. The van der Waals surface area contributed by atoms with Crippen molar-refractivity contribution in [1.29, 1.82) is 0 Å². The van der Waals surface area contributed by atoms with Crippen LogP contribution in [0.5, 0.6) is 0 Å². The molecule has 0 saturated carbocycles. The maximum Gasteiger partial charge on any atom is 0.306 e. The minimum atomic E-state index is -1.36. The zero-order valence-corrected chi connectivity index (χ0v) is 44.4. The molecule has 1 fully saturated rings. The Balaban J connectivity index is 1.44. The standard InChI is InChI=1S/C62H96O10/c1-3-5-7-9-11-13-15-17-19-21-23-25-36-44-57(64)66-50-55(71-58(65)45-37-26-24-22-20-18-16-14-12-10-8-6-4-2)51-70-62-61(69-49-54-42-34-29-35-43-54)60(68-48-53-40-32-28-33-41-53)59(56(46-63)72-62)67-47-52-38-30-27-31-39-52/h27-35,38-43,55-56,59-63H,3-26,36-37,44-51H2,1-2H3/t55-,56-,59-,60+,61-,62?/m1/s1/i47D,48D,49D/t47?,48?,49?,55-,56-,59-,60+,61-,62?. The molecule has 10 nitrogen and oxygen atoms in total. The molecule has 0 aliphatic carbocycles. The summed E-state index contributed by atoms with van der Waals surface area (Å²) >= 11 is 0. The molecule has 0 amide bonds. The Bertz CT molecular complexity index is 1850. The van der Waals surface area contributed by atoms with Crippen molar-refractivity contribution in [2.45, 2.75) is 250 Å². The molecular weight excluding hydrogens is 905 g/mol. The van der Waals surface area contributed by atoms with Gasteiger partial charge in [0.15, 0.2) is 12.4 Å². The molecule has 1 aliphatic heterocycles. The molecule has 1 N–H and O–H groups in total. The smallest absolute Gasteiger partial charge is 0.306 e. The van der Waals surface area contributed by atoms with Gasteiger partial charge in [0.1, 0.15) is 31.0 Å². The van der Waals surface area contributed by atoms with Crippen LogP contribution in [0.4, 0.5) is 0 Å². The van der Waals surface area contributed by atoms with Crippen molar-refractivity contribution in [3.63, 3.8) is 0 Å². The minimum absolute atomic E-state index is 0.200. The average Bonchev–Trinajstić information content (AvgIpc) is 3.43. The molecule has 4 rings (SSSR count). The van der Waals surface area contributed by atoms with Gasteiger partial charge in [-0.2, -0.15) is 0 Å². The maximum absolute atomic E-state index is 13.5. The third-order valence-corrected chi connectivity index (χ3v) is 13.4. The van der Waals surface area contributed by atoms with E-state index in [1.165, 1.54) is 116 Å². The van der Waals surface area contributed by atoms with Crippen LogP contribution in [-0.4, -0.2) is 73.7 Å². The third-order valence-electron chi connectivity index (χ3n) is 13.4. The molecule has 3 aromatic rings. The summed E-state index contributed by atoms with van der Waals surface area (Å²) in [4.78, 5) is 26.7. The van der Waals surface area contributed by atoms with Gasteiger partial charge in [0.05, 0.1) is 37.1 Å². The Kier molecular flexibility index (Phi) is 31.7. The predicted molar refractivity (Wildman–Crippen MR) is 288 cm³/mol. The molecule has 10 heteroatoms. The number of hydrogen-bond acceptors (Lipinski definition) is 10. The highest BCUT2D eigenvalue weighted by atomic mass is 16.7. The first-order valence-electron chi connectivity index (χ1n) is 30.1. The summed E-state index contributed by atoms with van der Waals surface area (Å²) in [5.74, 6) is -0.817. The van der Waals surface area contributed by atoms with Crippen LogP contribution in [-0.2, 0) is 62.5 Å². The molecule has 4 unspecified atom stereocenters. The van der Waals surface area contributed by atoms with Gasteiger partial charge in [-0.25, -0.2) is 0 Å². The number of rotatable bonds is 44. The van der Waals surface area contributed by atoms with Crippen molar-refractivity contribution in [2.24, 2.45) is 0 Å². The Labute approximate surface area is 440 Å². The summed E-state index contributed by atoms with van der Waals surface area (Å²) < 4.78 is 71.4. The van der Waals surface area contributed by atoms with Crippen molar-refractivity contribution < 1.29 is 52.0 Å². The van der Waals surface area contributed by atoms with Crippen LogP contribution in [0.15, 0.2) is 91.0 Å². The van der Waals surface area contributed by atoms with E-state index in [1.807, 2.05) is 18.2 Å². The SMILES string of the molecule is [2H]C(O[C@H]1[C@H](OC([2H])c2ccccc2)[C@@H](OC([2H])c2ccccc2)C(OC[C@@H](COC(=O)CCCCCCCCCCCCCCC)OC(=O)CCCCCCCCCCCCCCC)O[C@@H]1CO)c1ccccc1. The van der Waals surface area contributed by atoms with Crippen LogP contribution in [0.2, 0.25) is 0 Å². The summed E-state index contributed by atoms with van der Waals surface area (Å²) in [7, 11) is 0. The van der Waals surface area contributed by atoms with Gasteiger partial charge >= 0.3 is 11.9 Å². The Morgan fingerprint density at radius 1 is 0.472 bits per heavy atom. The number of aliphatic hydroxyl groups excluding tert-OH is 1. The molecule has 1 saturated heterocycles. The number of ether oxygens (including phenoxy) is 7. The van der Waals surface area contributed by atoms with E-state index >= 15 is 0 Å². The molecule has 0 bridgehead atoms.